The number of hydrogen-bond donors (Lipinski definition) is 1. The van der Waals surface area contributed by atoms with Gasteiger partial charge in [0.1, 0.15) is 0 Å². The fourth-order valence-corrected chi connectivity index (χ4v) is 2.66. The third-order valence-electron chi connectivity index (χ3n) is 3.84. The number of benzene rings is 1. The van der Waals surface area contributed by atoms with Gasteiger partial charge in [-0.05, 0) is 37.8 Å². The minimum Gasteiger partial charge on any atom is -0.342 e. The molecule has 2 atom stereocenters. The van der Waals surface area contributed by atoms with Crippen LogP contribution in [0.15, 0.2) is 30.3 Å². The molecule has 1 fully saturated rings. The summed E-state index contributed by atoms with van der Waals surface area (Å²) in [6, 6.07) is 10.0. The third-order valence-corrected chi connectivity index (χ3v) is 3.84. The first-order valence-corrected chi connectivity index (χ1v) is 6.76. The molecule has 0 spiro atoms. The summed E-state index contributed by atoms with van der Waals surface area (Å²) in [4.78, 5) is 14.4. The summed E-state index contributed by atoms with van der Waals surface area (Å²) >= 11 is 0. The van der Waals surface area contributed by atoms with Gasteiger partial charge in [0.05, 0.1) is 5.92 Å². The molecule has 18 heavy (non-hydrogen) atoms. The largest absolute Gasteiger partial charge is 0.342 e. The van der Waals surface area contributed by atoms with Gasteiger partial charge in [-0.1, -0.05) is 30.3 Å². The Morgan fingerprint density at radius 3 is 2.83 bits per heavy atom. The number of nitrogens with two attached hydrogens (primary N) is 1. The molecule has 2 rings (SSSR count). The maximum absolute atomic E-state index is 12.4. The summed E-state index contributed by atoms with van der Waals surface area (Å²) in [5.74, 6) is 0.811. The molecule has 1 saturated heterocycles. The zero-order valence-electron chi connectivity index (χ0n) is 11.0. The van der Waals surface area contributed by atoms with E-state index in [4.69, 9.17) is 5.73 Å². The molecule has 0 bridgehead atoms. The summed E-state index contributed by atoms with van der Waals surface area (Å²) in [5, 5.41) is 0. The van der Waals surface area contributed by atoms with E-state index in [1.807, 2.05) is 42.2 Å². The fraction of sp³-hybridized carbons (Fsp3) is 0.533. The van der Waals surface area contributed by atoms with Crippen molar-refractivity contribution < 1.29 is 4.79 Å². The second kappa shape index (κ2) is 6.01. The van der Waals surface area contributed by atoms with E-state index in [2.05, 4.69) is 0 Å². The highest BCUT2D eigenvalue weighted by atomic mass is 16.2. The van der Waals surface area contributed by atoms with E-state index in [0.717, 1.165) is 38.0 Å². The summed E-state index contributed by atoms with van der Waals surface area (Å²) in [6.07, 6.45) is 2.13. The molecular weight excluding hydrogens is 224 g/mol. The van der Waals surface area contributed by atoms with E-state index in [1.54, 1.807) is 0 Å². The lowest BCUT2D eigenvalue weighted by Crippen LogP contribution is -2.32. The van der Waals surface area contributed by atoms with Gasteiger partial charge >= 0.3 is 0 Å². The Kier molecular flexibility index (Phi) is 4.37. The average Bonchev–Trinajstić information content (AvgIpc) is 2.87. The molecule has 2 unspecified atom stereocenters. The molecule has 3 nitrogen and oxygen atoms in total. The Bertz CT molecular complexity index is 391. The molecule has 98 valence electrons. The summed E-state index contributed by atoms with van der Waals surface area (Å²) < 4.78 is 0. The topological polar surface area (TPSA) is 46.3 Å². The number of rotatable bonds is 4. The molecule has 2 N–H and O–H groups in total. The van der Waals surface area contributed by atoms with Gasteiger partial charge in [0.25, 0.3) is 0 Å². The monoisotopic (exact) mass is 246 g/mol. The quantitative estimate of drug-likeness (QED) is 0.883. The molecule has 1 aliphatic heterocycles. The number of hydrogen-bond acceptors (Lipinski definition) is 2. The SMILES string of the molecule is CC(C(=O)N1CCC(CCN)C1)c1ccccc1. The molecule has 0 aromatic heterocycles. The molecule has 1 amide bonds. The van der Waals surface area contributed by atoms with Crippen LogP contribution in [-0.4, -0.2) is 30.4 Å². The van der Waals surface area contributed by atoms with Gasteiger partial charge in [-0.3, -0.25) is 4.79 Å². The lowest BCUT2D eigenvalue weighted by atomic mass is 10.00. The van der Waals surface area contributed by atoms with E-state index >= 15 is 0 Å². The Labute approximate surface area is 109 Å². The zero-order valence-corrected chi connectivity index (χ0v) is 11.0. The molecule has 3 heteroatoms. The lowest BCUT2D eigenvalue weighted by Gasteiger charge is -2.21. The number of carbonyl (C=O) groups excluding carboxylic acids is 1. The van der Waals surface area contributed by atoms with Crippen LogP contribution in [0.25, 0.3) is 0 Å². The van der Waals surface area contributed by atoms with Crippen molar-refractivity contribution in [2.45, 2.75) is 25.7 Å². The van der Waals surface area contributed by atoms with Gasteiger partial charge in [0, 0.05) is 13.1 Å². The van der Waals surface area contributed by atoms with Crippen molar-refractivity contribution in [2.24, 2.45) is 11.7 Å². The van der Waals surface area contributed by atoms with Crippen LogP contribution in [0.1, 0.15) is 31.2 Å². The summed E-state index contributed by atoms with van der Waals surface area (Å²) in [7, 11) is 0. The number of amides is 1. The standard InChI is InChI=1S/C15H22N2O/c1-12(14-5-3-2-4-6-14)15(18)17-10-8-13(11-17)7-9-16/h2-6,12-13H,7-11,16H2,1H3. The van der Waals surface area contributed by atoms with E-state index < -0.39 is 0 Å². The maximum atomic E-state index is 12.4. The van der Waals surface area contributed by atoms with Crippen LogP contribution in [0.5, 0.6) is 0 Å². The van der Waals surface area contributed by atoms with E-state index in [0.29, 0.717) is 5.92 Å². The minimum absolute atomic E-state index is 0.0390. The van der Waals surface area contributed by atoms with Crippen LogP contribution in [0.2, 0.25) is 0 Å². The second-order valence-electron chi connectivity index (χ2n) is 5.15. The Morgan fingerprint density at radius 2 is 2.17 bits per heavy atom. The minimum atomic E-state index is -0.0390. The van der Waals surface area contributed by atoms with Gasteiger partial charge in [-0.2, -0.15) is 0 Å². The molecular formula is C15H22N2O. The number of carbonyl (C=O) groups is 1. The second-order valence-corrected chi connectivity index (χ2v) is 5.15. The van der Waals surface area contributed by atoms with E-state index in [9.17, 15) is 4.79 Å². The molecule has 1 aromatic rings. The molecule has 0 radical (unpaired) electrons. The predicted octanol–water partition coefficient (Wildman–Crippen LogP) is 1.99. The highest BCUT2D eigenvalue weighted by Gasteiger charge is 2.28. The normalized spacial score (nSPS) is 21.0. The first-order valence-electron chi connectivity index (χ1n) is 6.76. The molecule has 0 saturated carbocycles. The van der Waals surface area contributed by atoms with Gasteiger partial charge in [-0.25, -0.2) is 0 Å². The van der Waals surface area contributed by atoms with Crippen LogP contribution >= 0.6 is 0 Å². The highest BCUT2D eigenvalue weighted by Crippen LogP contribution is 2.24. The lowest BCUT2D eigenvalue weighted by molar-refractivity contribution is -0.131. The maximum Gasteiger partial charge on any atom is 0.229 e. The Morgan fingerprint density at radius 1 is 1.44 bits per heavy atom. The van der Waals surface area contributed by atoms with Crippen LogP contribution in [0.3, 0.4) is 0 Å². The molecule has 0 aliphatic carbocycles. The van der Waals surface area contributed by atoms with E-state index in [-0.39, 0.29) is 11.8 Å². The highest BCUT2D eigenvalue weighted by molar-refractivity contribution is 5.83. The van der Waals surface area contributed by atoms with E-state index in [1.165, 1.54) is 0 Å². The van der Waals surface area contributed by atoms with Crippen molar-refractivity contribution in [3.8, 4) is 0 Å². The fourth-order valence-electron chi connectivity index (χ4n) is 2.66. The van der Waals surface area contributed by atoms with Gasteiger partial charge in [0.2, 0.25) is 5.91 Å². The predicted molar refractivity (Wildman–Crippen MR) is 73.2 cm³/mol. The zero-order chi connectivity index (χ0) is 13.0. The van der Waals surface area contributed by atoms with Crippen molar-refractivity contribution in [3.63, 3.8) is 0 Å². The first-order chi connectivity index (χ1) is 8.72. The molecule has 1 heterocycles. The van der Waals surface area contributed by atoms with Crippen LogP contribution in [0, 0.1) is 5.92 Å². The third kappa shape index (κ3) is 2.91. The number of nitrogens with zero attached hydrogens (tertiary/aromatic N) is 1. The van der Waals surface area contributed by atoms with Gasteiger partial charge in [-0.15, -0.1) is 0 Å². The van der Waals surface area contributed by atoms with Crippen molar-refractivity contribution in [1.29, 1.82) is 0 Å². The van der Waals surface area contributed by atoms with Crippen molar-refractivity contribution in [3.05, 3.63) is 35.9 Å². The smallest absolute Gasteiger partial charge is 0.229 e. The molecule has 1 aromatic carbocycles. The average molecular weight is 246 g/mol. The van der Waals surface area contributed by atoms with Crippen molar-refractivity contribution in [2.75, 3.05) is 19.6 Å². The van der Waals surface area contributed by atoms with Crippen LogP contribution in [0.4, 0.5) is 0 Å². The Balaban J connectivity index is 1.96. The van der Waals surface area contributed by atoms with Crippen LogP contribution in [-0.2, 0) is 4.79 Å². The first kappa shape index (κ1) is 13.1. The summed E-state index contributed by atoms with van der Waals surface area (Å²) in [5.41, 5.74) is 6.68. The molecule has 1 aliphatic rings. The Hall–Kier alpha value is -1.35. The number of likely N-dealkylation sites (tertiary alicyclic amines) is 1. The van der Waals surface area contributed by atoms with Crippen molar-refractivity contribution in [1.82, 2.24) is 4.90 Å². The van der Waals surface area contributed by atoms with Gasteiger partial charge in [0.15, 0.2) is 0 Å². The van der Waals surface area contributed by atoms with Crippen LogP contribution < -0.4 is 5.73 Å². The summed E-state index contributed by atoms with van der Waals surface area (Å²) in [6.45, 7) is 4.49. The van der Waals surface area contributed by atoms with Crippen molar-refractivity contribution >= 4 is 5.91 Å². The van der Waals surface area contributed by atoms with Gasteiger partial charge < -0.3 is 10.6 Å².